The van der Waals surface area contributed by atoms with Crippen LogP contribution in [-0.2, 0) is 9.47 Å². The number of likely N-dealkylation sites (N-methyl/N-ethyl adjacent to an activating group) is 1. The highest BCUT2D eigenvalue weighted by molar-refractivity contribution is 4.82. The van der Waals surface area contributed by atoms with Gasteiger partial charge in [-0.05, 0) is 25.8 Å². The van der Waals surface area contributed by atoms with Crippen molar-refractivity contribution >= 4 is 0 Å². The summed E-state index contributed by atoms with van der Waals surface area (Å²) < 4.78 is 10.9. The lowest BCUT2D eigenvalue weighted by molar-refractivity contribution is -0.114. The van der Waals surface area contributed by atoms with Crippen LogP contribution in [0.4, 0.5) is 0 Å². The number of nitrogens with zero attached hydrogens (tertiary/aromatic N) is 1. The van der Waals surface area contributed by atoms with E-state index < -0.39 is 0 Å². The molecular weight excluding hydrogens is 194 g/mol. The van der Waals surface area contributed by atoms with Crippen LogP contribution in [0.5, 0.6) is 0 Å². The van der Waals surface area contributed by atoms with Crippen molar-refractivity contribution in [1.29, 1.82) is 0 Å². The first kappa shape index (κ1) is 11.3. The van der Waals surface area contributed by atoms with Gasteiger partial charge in [-0.15, -0.1) is 0 Å². The van der Waals surface area contributed by atoms with Crippen LogP contribution in [0.15, 0.2) is 0 Å². The molecule has 0 aromatic rings. The molecule has 0 spiro atoms. The molecule has 2 atom stereocenters. The molecular formula is C11H21NO3. The van der Waals surface area contributed by atoms with E-state index in [0.29, 0.717) is 5.92 Å². The van der Waals surface area contributed by atoms with E-state index in [1.165, 1.54) is 0 Å². The molecule has 2 aliphatic rings. The highest BCUT2D eigenvalue weighted by Gasteiger charge is 2.32. The van der Waals surface area contributed by atoms with E-state index in [-0.39, 0.29) is 12.2 Å². The molecule has 0 aromatic heterocycles. The topological polar surface area (TPSA) is 41.9 Å². The van der Waals surface area contributed by atoms with Crippen molar-refractivity contribution < 1.29 is 14.6 Å². The van der Waals surface area contributed by atoms with E-state index in [1.807, 2.05) is 0 Å². The molecule has 0 amide bonds. The van der Waals surface area contributed by atoms with Crippen molar-refractivity contribution in [3.63, 3.8) is 0 Å². The number of aliphatic hydroxyl groups excluding tert-OH is 1. The van der Waals surface area contributed by atoms with Crippen LogP contribution >= 0.6 is 0 Å². The van der Waals surface area contributed by atoms with Gasteiger partial charge in [0.05, 0.1) is 18.8 Å². The van der Waals surface area contributed by atoms with Gasteiger partial charge in [0.2, 0.25) is 0 Å². The summed E-state index contributed by atoms with van der Waals surface area (Å²) in [5, 5.41) is 10.2. The summed E-state index contributed by atoms with van der Waals surface area (Å²) in [6.45, 7) is 4.12. The summed E-state index contributed by atoms with van der Waals surface area (Å²) in [6.07, 6.45) is 1.60. The second-order valence-corrected chi connectivity index (χ2v) is 4.61. The largest absolute Gasteiger partial charge is 0.390 e. The van der Waals surface area contributed by atoms with E-state index in [2.05, 4.69) is 11.9 Å². The molecule has 2 unspecified atom stereocenters. The molecule has 4 nitrogen and oxygen atoms in total. The summed E-state index contributed by atoms with van der Waals surface area (Å²) in [5.41, 5.74) is 0. The Labute approximate surface area is 91.2 Å². The fourth-order valence-electron chi connectivity index (χ4n) is 2.38. The molecule has 2 aliphatic heterocycles. The van der Waals surface area contributed by atoms with Gasteiger partial charge >= 0.3 is 0 Å². The van der Waals surface area contributed by atoms with Gasteiger partial charge in [0, 0.05) is 26.3 Å². The zero-order valence-corrected chi connectivity index (χ0v) is 9.39. The van der Waals surface area contributed by atoms with Crippen molar-refractivity contribution in [2.45, 2.75) is 25.0 Å². The monoisotopic (exact) mass is 215 g/mol. The maximum Gasteiger partial charge on any atom is 0.0963 e. The standard InChI is InChI=1S/C11H21NO3/c1-12-4-7-15-10(8-12)11(13)9-2-5-14-6-3-9/h9-11,13H,2-8H2,1H3. The Hall–Kier alpha value is -0.160. The summed E-state index contributed by atoms with van der Waals surface area (Å²) in [5.74, 6) is 0.357. The van der Waals surface area contributed by atoms with Gasteiger partial charge in [-0.25, -0.2) is 0 Å². The summed E-state index contributed by atoms with van der Waals surface area (Å²) in [6, 6.07) is 0. The molecule has 1 N–H and O–H groups in total. The van der Waals surface area contributed by atoms with Crippen LogP contribution in [0.3, 0.4) is 0 Å². The Morgan fingerprint density at radius 2 is 2.00 bits per heavy atom. The second kappa shape index (κ2) is 5.25. The maximum absolute atomic E-state index is 10.2. The number of hydrogen-bond donors (Lipinski definition) is 1. The Balaban J connectivity index is 1.85. The quantitative estimate of drug-likeness (QED) is 0.709. The molecule has 2 fully saturated rings. The molecule has 2 heterocycles. The van der Waals surface area contributed by atoms with Crippen LogP contribution in [0.25, 0.3) is 0 Å². The molecule has 0 aliphatic carbocycles. The normalized spacial score (nSPS) is 32.8. The molecule has 0 bridgehead atoms. The number of hydrogen-bond acceptors (Lipinski definition) is 4. The third kappa shape index (κ3) is 2.91. The van der Waals surface area contributed by atoms with Crippen LogP contribution in [0.2, 0.25) is 0 Å². The predicted octanol–water partition coefficient (Wildman–Crippen LogP) is 0.104. The third-order valence-electron chi connectivity index (χ3n) is 3.43. The smallest absolute Gasteiger partial charge is 0.0963 e. The molecule has 0 aromatic carbocycles. The lowest BCUT2D eigenvalue weighted by Gasteiger charge is -2.37. The van der Waals surface area contributed by atoms with Crippen molar-refractivity contribution in [3.8, 4) is 0 Å². The van der Waals surface area contributed by atoms with Crippen molar-refractivity contribution in [2.24, 2.45) is 5.92 Å². The van der Waals surface area contributed by atoms with Gasteiger partial charge in [-0.3, -0.25) is 0 Å². The SMILES string of the molecule is CN1CCOC(C(O)C2CCOCC2)C1. The van der Waals surface area contributed by atoms with Crippen molar-refractivity contribution in [2.75, 3.05) is 40.0 Å². The second-order valence-electron chi connectivity index (χ2n) is 4.61. The minimum atomic E-state index is -0.323. The Kier molecular flexibility index (Phi) is 3.97. The molecule has 2 rings (SSSR count). The van der Waals surface area contributed by atoms with Crippen LogP contribution in [0.1, 0.15) is 12.8 Å². The Morgan fingerprint density at radius 3 is 2.67 bits per heavy atom. The van der Waals surface area contributed by atoms with Crippen LogP contribution in [0, 0.1) is 5.92 Å². The third-order valence-corrected chi connectivity index (χ3v) is 3.43. The molecule has 0 radical (unpaired) electrons. The minimum Gasteiger partial charge on any atom is -0.390 e. The summed E-state index contributed by atoms with van der Waals surface area (Å²) in [7, 11) is 2.08. The molecule has 0 saturated carbocycles. The fourth-order valence-corrected chi connectivity index (χ4v) is 2.38. The molecule has 88 valence electrons. The lowest BCUT2D eigenvalue weighted by atomic mass is 9.90. The first-order valence-corrected chi connectivity index (χ1v) is 5.83. The van der Waals surface area contributed by atoms with Crippen molar-refractivity contribution in [3.05, 3.63) is 0 Å². The summed E-state index contributed by atoms with van der Waals surface area (Å²) >= 11 is 0. The van der Waals surface area contributed by atoms with Gasteiger partial charge in [0.1, 0.15) is 0 Å². The Bertz CT molecular complexity index is 194. The number of aliphatic hydroxyl groups is 1. The van der Waals surface area contributed by atoms with Gasteiger partial charge in [0.25, 0.3) is 0 Å². The minimum absolute atomic E-state index is 0.00755. The van der Waals surface area contributed by atoms with Crippen molar-refractivity contribution in [1.82, 2.24) is 4.90 Å². The van der Waals surface area contributed by atoms with Gasteiger partial charge in [-0.1, -0.05) is 0 Å². The lowest BCUT2D eigenvalue weighted by Crippen LogP contribution is -2.49. The first-order chi connectivity index (χ1) is 7.27. The maximum atomic E-state index is 10.2. The molecule has 2 saturated heterocycles. The Morgan fingerprint density at radius 1 is 1.27 bits per heavy atom. The van der Waals surface area contributed by atoms with Gasteiger partial charge in [0.15, 0.2) is 0 Å². The van der Waals surface area contributed by atoms with Crippen LogP contribution < -0.4 is 0 Å². The fraction of sp³-hybridized carbons (Fsp3) is 1.00. The van der Waals surface area contributed by atoms with Gasteiger partial charge in [-0.2, -0.15) is 0 Å². The van der Waals surface area contributed by atoms with E-state index >= 15 is 0 Å². The number of rotatable bonds is 2. The average Bonchev–Trinajstić information content (AvgIpc) is 2.29. The van der Waals surface area contributed by atoms with Crippen LogP contribution in [-0.4, -0.2) is 62.2 Å². The number of ether oxygens (including phenoxy) is 2. The average molecular weight is 215 g/mol. The molecule has 15 heavy (non-hydrogen) atoms. The van der Waals surface area contributed by atoms with E-state index in [9.17, 15) is 5.11 Å². The first-order valence-electron chi connectivity index (χ1n) is 5.83. The van der Waals surface area contributed by atoms with E-state index in [0.717, 1.165) is 45.8 Å². The zero-order chi connectivity index (χ0) is 10.7. The van der Waals surface area contributed by atoms with Gasteiger partial charge < -0.3 is 19.5 Å². The molecule has 4 heteroatoms. The summed E-state index contributed by atoms with van der Waals surface area (Å²) in [4.78, 5) is 2.22. The number of morpholine rings is 1. The zero-order valence-electron chi connectivity index (χ0n) is 9.39. The van der Waals surface area contributed by atoms with E-state index in [4.69, 9.17) is 9.47 Å². The highest BCUT2D eigenvalue weighted by Crippen LogP contribution is 2.23. The predicted molar refractivity (Wildman–Crippen MR) is 56.8 cm³/mol. The highest BCUT2D eigenvalue weighted by atomic mass is 16.5. The van der Waals surface area contributed by atoms with E-state index in [1.54, 1.807) is 0 Å².